The number of ether oxygens (including phenoxy) is 2. The van der Waals surface area contributed by atoms with E-state index in [1.165, 1.54) is 6.07 Å². The number of piperazine rings is 1. The van der Waals surface area contributed by atoms with Crippen molar-refractivity contribution in [3.63, 3.8) is 0 Å². The summed E-state index contributed by atoms with van der Waals surface area (Å²) in [7, 11) is 1.67. The van der Waals surface area contributed by atoms with Crippen LogP contribution in [0.2, 0.25) is 0 Å². The number of methoxy groups -OCH3 is 1. The Hall–Kier alpha value is -3.48. The number of rotatable bonds is 6. The van der Waals surface area contributed by atoms with Crippen molar-refractivity contribution in [2.45, 2.75) is 13.5 Å². The first-order valence-electron chi connectivity index (χ1n) is 10.5. The molecule has 0 unspecified atom stereocenters. The summed E-state index contributed by atoms with van der Waals surface area (Å²) in [6.07, 6.45) is 0. The van der Waals surface area contributed by atoms with E-state index >= 15 is 0 Å². The molecule has 0 radical (unpaired) electrons. The number of aryl methyl sites for hydroxylation is 1. The van der Waals surface area contributed by atoms with Gasteiger partial charge in [-0.25, -0.2) is 0 Å². The summed E-state index contributed by atoms with van der Waals surface area (Å²) < 4.78 is 13.0. The largest absolute Gasteiger partial charge is 0.495 e. The summed E-state index contributed by atoms with van der Waals surface area (Å²) in [4.78, 5) is 29.2. The number of hydrogen-bond donors (Lipinski definition) is 0. The maximum absolute atomic E-state index is 12.8. The number of benzene rings is 2. The standard InChI is InChI=1S/C24H27N3O4/c1-3-27-19-9-5-4-8-18(19)22(16-23(27)28)31-17-24(29)26-14-12-25(13-15-26)20-10-6-7-11-21(20)30-2/h4-11,16H,3,12-15,17H2,1-2H3. The Balaban J connectivity index is 1.41. The molecule has 0 saturated carbocycles. The van der Waals surface area contributed by atoms with E-state index in [1.54, 1.807) is 16.6 Å². The first kappa shape index (κ1) is 20.8. The molecule has 3 aromatic rings. The molecular formula is C24H27N3O4. The van der Waals surface area contributed by atoms with Gasteiger partial charge in [0.05, 0.1) is 18.3 Å². The molecule has 1 amide bonds. The van der Waals surface area contributed by atoms with Crippen LogP contribution in [-0.4, -0.2) is 55.3 Å². The molecule has 0 aliphatic carbocycles. The summed E-state index contributed by atoms with van der Waals surface area (Å²) in [5.41, 5.74) is 1.72. The van der Waals surface area contributed by atoms with Crippen LogP contribution in [0.1, 0.15) is 6.92 Å². The van der Waals surface area contributed by atoms with Gasteiger partial charge in [-0.15, -0.1) is 0 Å². The fourth-order valence-electron chi connectivity index (χ4n) is 4.07. The molecule has 1 fully saturated rings. The van der Waals surface area contributed by atoms with Gasteiger partial charge in [-0.2, -0.15) is 0 Å². The second kappa shape index (κ2) is 9.12. The normalized spacial score (nSPS) is 14.0. The van der Waals surface area contributed by atoms with Crippen molar-refractivity contribution in [1.82, 2.24) is 9.47 Å². The van der Waals surface area contributed by atoms with E-state index < -0.39 is 0 Å². The molecular weight excluding hydrogens is 394 g/mol. The van der Waals surface area contributed by atoms with E-state index in [1.807, 2.05) is 55.5 Å². The van der Waals surface area contributed by atoms with Crippen LogP contribution in [0.25, 0.3) is 10.9 Å². The fourth-order valence-corrected chi connectivity index (χ4v) is 4.07. The van der Waals surface area contributed by atoms with Crippen molar-refractivity contribution in [3.05, 3.63) is 65.0 Å². The van der Waals surface area contributed by atoms with Gasteiger partial charge in [0.15, 0.2) is 6.61 Å². The Bertz CT molecular complexity index is 1130. The van der Waals surface area contributed by atoms with Gasteiger partial charge in [-0.3, -0.25) is 9.59 Å². The second-order valence-electron chi connectivity index (χ2n) is 7.44. The number of carbonyl (C=O) groups excluding carboxylic acids is 1. The molecule has 31 heavy (non-hydrogen) atoms. The number of nitrogens with zero attached hydrogens (tertiary/aromatic N) is 3. The third-order valence-corrected chi connectivity index (χ3v) is 5.71. The Morgan fingerprint density at radius 3 is 2.42 bits per heavy atom. The minimum atomic E-state index is -0.130. The van der Waals surface area contributed by atoms with Gasteiger partial charge in [-0.1, -0.05) is 24.3 Å². The van der Waals surface area contributed by atoms with Gasteiger partial charge in [0.2, 0.25) is 0 Å². The van der Waals surface area contributed by atoms with E-state index in [9.17, 15) is 9.59 Å². The van der Waals surface area contributed by atoms with Crippen molar-refractivity contribution >= 4 is 22.5 Å². The smallest absolute Gasteiger partial charge is 0.260 e. The van der Waals surface area contributed by atoms with Gasteiger partial charge < -0.3 is 23.8 Å². The van der Waals surface area contributed by atoms with Crippen LogP contribution < -0.4 is 19.9 Å². The van der Waals surface area contributed by atoms with Crippen LogP contribution in [0.5, 0.6) is 11.5 Å². The quantitative estimate of drug-likeness (QED) is 0.613. The zero-order valence-corrected chi connectivity index (χ0v) is 17.9. The number of hydrogen-bond acceptors (Lipinski definition) is 5. The SMILES string of the molecule is CCn1c(=O)cc(OCC(=O)N2CCN(c3ccccc3OC)CC2)c2ccccc21. The number of amides is 1. The second-order valence-corrected chi connectivity index (χ2v) is 7.44. The van der Waals surface area contributed by atoms with Crippen molar-refractivity contribution in [3.8, 4) is 11.5 Å². The summed E-state index contributed by atoms with van der Waals surface area (Å²) >= 11 is 0. The first-order chi connectivity index (χ1) is 15.1. The minimum absolute atomic E-state index is 0.0802. The number of fused-ring (bicyclic) bond motifs is 1. The number of para-hydroxylation sites is 3. The summed E-state index contributed by atoms with van der Waals surface area (Å²) in [5, 5.41) is 0.831. The van der Waals surface area contributed by atoms with Gasteiger partial charge >= 0.3 is 0 Å². The zero-order chi connectivity index (χ0) is 21.8. The van der Waals surface area contributed by atoms with E-state index in [0.717, 1.165) is 35.4 Å². The predicted octanol–water partition coefficient (Wildman–Crippen LogP) is 2.76. The Labute approximate surface area is 181 Å². The average molecular weight is 421 g/mol. The Morgan fingerprint density at radius 2 is 1.68 bits per heavy atom. The molecule has 1 saturated heterocycles. The van der Waals surface area contributed by atoms with Gasteiger partial charge in [0.1, 0.15) is 11.5 Å². The van der Waals surface area contributed by atoms with Gasteiger partial charge in [0, 0.05) is 44.2 Å². The summed E-state index contributed by atoms with van der Waals surface area (Å²) in [6, 6.07) is 17.0. The molecule has 7 heteroatoms. The topological polar surface area (TPSA) is 64.0 Å². The summed E-state index contributed by atoms with van der Waals surface area (Å²) in [6.45, 7) is 5.09. The van der Waals surface area contributed by atoms with Gasteiger partial charge in [-0.05, 0) is 31.2 Å². The Morgan fingerprint density at radius 1 is 0.968 bits per heavy atom. The highest BCUT2D eigenvalue weighted by Gasteiger charge is 2.23. The van der Waals surface area contributed by atoms with E-state index in [0.29, 0.717) is 25.4 Å². The number of carbonyl (C=O) groups is 1. The van der Waals surface area contributed by atoms with Crippen LogP contribution >= 0.6 is 0 Å². The molecule has 0 atom stereocenters. The third-order valence-electron chi connectivity index (χ3n) is 5.71. The predicted molar refractivity (Wildman–Crippen MR) is 121 cm³/mol. The van der Waals surface area contributed by atoms with Crippen LogP contribution in [0, 0.1) is 0 Å². The first-order valence-corrected chi connectivity index (χ1v) is 10.5. The van der Waals surface area contributed by atoms with Crippen molar-refractivity contribution in [1.29, 1.82) is 0 Å². The average Bonchev–Trinajstić information content (AvgIpc) is 2.82. The monoisotopic (exact) mass is 421 g/mol. The van der Waals surface area contributed by atoms with Crippen LogP contribution in [0.3, 0.4) is 0 Å². The molecule has 1 aliphatic heterocycles. The third kappa shape index (κ3) is 4.21. The minimum Gasteiger partial charge on any atom is -0.495 e. The molecule has 162 valence electrons. The lowest BCUT2D eigenvalue weighted by Crippen LogP contribution is -2.50. The van der Waals surface area contributed by atoms with Crippen LogP contribution in [0.15, 0.2) is 59.4 Å². The van der Waals surface area contributed by atoms with Crippen molar-refractivity contribution in [2.75, 3.05) is 44.8 Å². The lowest BCUT2D eigenvalue weighted by atomic mass is 10.2. The van der Waals surface area contributed by atoms with E-state index in [4.69, 9.17) is 9.47 Å². The molecule has 2 aromatic carbocycles. The number of anilines is 1. The zero-order valence-electron chi connectivity index (χ0n) is 17.9. The summed E-state index contributed by atoms with van der Waals surface area (Å²) in [5.74, 6) is 1.20. The van der Waals surface area contributed by atoms with E-state index in [2.05, 4.69) is 4.90 Å². The molecule has 0 N–H and O–H groups in total. The number of aromatic nitrogens is 1. The molecule has 1 aliphatic rings. The van der Waals surface area contributed by atoms with Crippen molar-refractivity contribution in [2.24, 2.45) is 0 Å². The maximum Gasteiger partial charge on any atom is 0.260 e. The fraction of sp³-hybridized carbons (Fsp3) is 0.333. The van der Waals surface area contributed by atoms with Crippen LogP contribution in [0.4, 0.5) is 5.69 Å². The van der Waals surface area contributed by atoms with Crippen molar-refractivity contribution < 1.29 is 14.3 Å². The van der Waals surface area contributed by atoms with E-state index in [-0.39, 0.29) is 18.1 Å². The Kier molecular flexibility index (Phi) is 6.11. The lowest BCUT2D eigenvalue weighted by molar-refractivity contribution is -0.133. The highest BCUT2D eigenvalue weighted by atomic mass is 16.5. The molecule has 7 nitrogen and oxygen atoms in total. The lowest BCUT2D eigenvalue weighted by Gasteiger charge is -2.36. The highest BCUT2D eigenvalue weighted by Crippen LogP contribution is 2.28. The van der Waals surface area contributed by atoms with Crippen LogP contribution in [-0.2, 0) is 11.3 Å². The molecule has 1 aromatic heterocycles. The molecule has 2 heterocycles. The molecule has 0 spiro atoms. The maximum atomic E-state index is 12.8. The van der Waals surface area contributed by atoms with Gasteiger partial charge in [0.25, 0.3) is 11.5 Å². The number of pyridine rings is 1. The molecule has 0 bridgehead atoms. The highest BCUT2D eigenvalue weighted by molar-refractivity contribution is 5.86. The molecule has 4 rings (SSSR count).